The molecule has 2 atom stereocenters. The first-order chi connectivity index (χ1) is 7.59. The lowest BCUT2D eigenvalue weighted by Crippen LogP contribution is -2.30. The van der Waals surface area contributed by atoms with Gasteiger partial charge in [0.15, 0.2) is 0 Å². The molecule has 1 N–H and O–H groups in total. The Kier molecular flexibility index (Phi) is 3.38. The maximum absolute atomic E-state index is 3.72. The third-order valence-electron chi connectivity index (χ3n) is 4.30. The van der Waals surface area contributed by atoms with Gasteiger partial charge in [-0.1, -0.05) is 13.3 Å². The van der Waals surface area contributed by atoms with Crippen molar-refractivity contribution in [1.82, 2.24) is 9.88 Å². The average Bonchev–Trinajstić information content (AvgIpc) is 2.76. The molecule has 90 valence electrons. The first-order valence-corrected chi connectivity index (χ1v) is 6.44. The number of hydrogen-bond acceptors (Lipinski definition) is 1. The lowest BCUT2D eigenvalue weighted by atomic mass is 10.1. The van der Waals surface area contributed by atoms with Crippen molar-refractivity contribution in [3.05, 3.63) is 23.0 Å². The summed E-state index contributed by atoms with van der Waals surface area (Å²) >= 11 is 0. The number of aryl methyl sites for hydroxylation is 1. The summed E-state index contributed by atoms with van der Waals surface area (Å²) < 4.78 is 2.27. The summed E-state index contributed by atoms with van der Waals surface area (Å²) in [4.78, 5) is 0. The second kappa shape index (κ2) is 4.62. The SMILES string of the molecule is Cc1cc(CNC2CCCC2C)c(C)n1C. The Labute approximate surface area is 99.0 Å². The summed E-state index contributed by atoms with van der Waals surface area (Å²) in [5, 5.41) is 3.72. The van der Waals surface area contributed by atoms with E-state index in [-0.39, 0.29) is 0 Å². The van der Waals surface area contributed by atoms with Gasteiger partial charge in [-0.05, 0) is 44.2 Å². The van der Waals surface area contributed by atoms with Crippen LogP contribution in [0.5, 0.6) is 0 Å². The van der Waals surface area contributed by atoms with E-state index in [0.29, 0.717) is 0 Å². The van der Waals surface area contributed by atoms with Crippen molar-refractivity contribution < 1.29 is 0 Å². The van der Waals surface area contributed by atoms with E-state index in [1.54, 1.807) is 0 Å². The zero-order chi connectivity index (χ0) is 11.7. The van der Waals surface area contributed by atoms with Crippen molar-refractivity contribution in [2.45, 2.75) is 52.6 Å². The van der Waals surface area contributed by atoms with Gasteiger partial charge in [-0.2, -0.15) is 0 Å². The van der Waals surface area contributed by atoms with Crippen LogP contribution in [-0.2, 0) is 13.6 Å². The van der Waals surface area contributed by atoms with E-state index in [4.69, 9.17) is 0 Å². The molecule has 1 aliphatic rings. The molecule has 0 bridgehead atoms. The van der Waals surface area contributed by atoms with Crippen molar-refractivity contribution in [2.75, 3.05) is 0 Å². The minimum Gasteiger partial charge on any atom is -0.352 e. The Hall–Kier alpha value is -0.760. The van der Waals surface area contributed by atoms with Gasteiger partial charge in [0.05, 0.1) is 0 Å². The maximum atomic E-state index is 3.72. The van der Waals surface area contributed by atoms with Gasteiger partial charge in [-0.3, -0.25) is 0 Å². The third kappa shape index (κ3) is 2.17. The summed E-state index contributed by atoms with van der Waals surface area (Å²) in [5.41, 5.74) is 4.21. The minimum atomic E-state index is 0.736. The molecule has 2 rings (SSSR count). The van der Waals surface area contributed by atoms with Crippen LogP contribution < -0.4 is 5.32 Å². The molecular weight excluding hydrogens is 196 g/mol. The van der Waals surface area contributed by atoms with Gasteiger partial charge in [-0.15, -0.1) is 0 Å². The molecule has 1 heterocycles. The molecule has 1 fully saturated rings. The van der Waals surface area contributed by atoms with Crippen LogP contribution in [0.1, 0.15) is 43.1 Å². The van der Waals surface area contributed by atoms with E-state index in [1.165, 1.54) is 36.2 Å². The Balaban J connectivity index is 1.96. The van der Waals surface area contributed by atoms with Crippen LogP contribution in [0.25, 0.3) is 0 Å². The topological polar surface area (TPSA) is 17.0 Å². The first-order valence-electron chi connectivity index (χ1n) is 6.44. The van der Waals surface area contributed by atoms with E-state index < -0.39 is 0 Å². The zero-order valence-corrected chi connectivity index (χ0v) is 11.0. The minimum absolute atomic E-state index is 0.736. The largest absolute Gasteiger partial charge is 0.352 e. The van der Waals surface area contributed by atoms with E-state index >= 15 is 0 Å². The van der Waals surface area contributed by atoms with Crippen LogP contribution >= 0.6 is 0 Å². The monoisotopic (exact) mass is 220 g/mol. The predicted molar refractivity (Wildman–Crippen MR) is 68.5 cm³/mol. The van der Waals surface area contributed by atoms with E-state index in [0.717, 1.165) is 18.5 Å². The van der Waals surface area contributed by atoms with Crippen molar-refractivity contribution in [2.24, 2.45) is 13.0 Å². The summed E-state index contributed by atoms with van der Waals surface area (Å²) in [5.74, 6) is 0.852. The molecule has 0 amide bonds. The lowest BCUT2D eigenvalue weighted by Gasteiger charge is -2.17. The number of nitrogens with zero attached hydrogens (tertiary/aromatic N) is 1. The fourth-order valence-electron chi connectivity index (χ4n) is 2.80. The smallest absolute Gasteiger partial charge is 0.0226 e. The highest BCUT2D eigenvalue weighted by Gasteiger charge is 2.22. The van der Waals surface area contributed by atoms with Crippen LogP contribution in [0, 0.1) is 19.8 Å². The van der Waals surface area contributed by atoms with Crippen LogP contribution in [0.3, 0.4) is 0 Å². The van der Waals surface area contributed by atoms with E-state index in [9.17, 15) is 0 Å². The zero-order valence-electron chi connectivity index (χ0n) is 11.0. The van der Waals surface area contributed by atoms with Crippen LogP contribution in [0.2, 0.25) is 0 Å². The van der Waals surface area contributed by atoms with E-state index in [1.807, 2.05) is 0 Å². The van der Waals surface area contributed by atoms with Crippen LogP contribution in [-0.4, -0.2) is 10.6 Å². The Morgan fingerprint density at radius 3 is 2.62 bits per heavy atom. The van der Waals surface area contributed by atoms with Gasteiger partial charge < -0.3 is 9.88 Å². The van der Waals surface area contributed by atoms with Gasteiger partial charge in [0.2, 0.25) is 0 Å². The van der Waals surface area contributed by atoms with Crippen molar-refractivity contribution in [1.29, 1.82) is 0 Å². The average molecular weight is 220 g/mol. The van der Waals surface area contributed by atoms with Crippen molar-refractivity contribution in [3.63, 3.8) is 0 Å². The second-order valence-electron chi connectivity index (χ2n) is 5.35. The molecule has 1 aromatic rings. The molecule has 0 aliphatic heterocycles. The van der Waals surface area contributed by atoms with Crippen LogP contribution in [0.15, 0.2) is 6.07 Å². The number of rotatable bonds is 3. The Bertz CT molecular complexity index is 365. The molecule has 1 aromatic heterocycles. The van der Waals surface area contributed by atoms with Gasteiger partial charge in [0.1, 0.15) is 0 Å². The van der Waals surface area contributed by atoms with Crippen molar-refractivity contribution in [3.8, 4) is 0 Å². The Morgan fingerprint density at radius 2 is 2.12 bits per heavy atom. The highest BCUT2D eigenvalue weighted by Crippen LogP contribution is 2.25. The van der Waals surface area contributed by atoms with Gasteiger partial charge in [0, 0.05) is 31.0 Å². The first kappa shape index (κ1) is 11.7. The molecule has 2 nitrogen and oxygen atoms in total. The highest BCUT2D eigenvalue weighted by atomic mass is 15.0. The molecule has 2 unspecified atom stereocenters. The molecule has 1 aliphatic carbocycles. The summed E-state index contributed by atoms with van der Waals surface area (Å²) in [6.45, 7) is 7.78. The normalized spacial score (nSPS) is 25.2. The number of hydrogen-bond donors (Lipinski definition) is 1. The molecular formula is C14H24N2. The van der Waals surface area contributed by atoms with Crippen LogP contribution in [0.4, 0.5) is 0 Å². The molecule has 16 heavy (non-hydrogen) atoms. The number of aromatic nitrogens is 1. The third-order valence-corrected chi connectivity index (χ3v) is 4.30. The fraction of sp³-hybridized carbons (Fsp3) is 0.714. The quantitative estimate of drug-likeness (QED) is 0.829. The predicted octanol–water partition coefficient (Wildman–Crippen LogP) is 2.92. The molecule has 0 aromatic carbocycles. The Morgan fingerprint density at radius 1 is 1.38 bits per heavy atom. The molecule has 0 saturated heterocycles. The summed E-state index contributed by atoms with van der Waals surface area (Å²) in [7, 11) is 2.15. The lowest BCUT2D eigenvalue weighted by molar-refractivity contribution is 0.425. The maximum Gasteiger partial charge on any atom is 0.0226 e. The summed E-state index contributed by atoms with van der Waals surface area (Å²) in [6.07, 6.45) is 4.14. The van der Waals surface area contributed by atoms with Gasteiger partial charge in [0.25, 0.3) is 0 Å². The van der Waals surface area contributed by atoms with Gasteiger partial charge in [-0.25, -0.2) is 0 Å². The van der Waals surface area contributed by atoms with E-state index in [2.05, 4.69) is 43.8 Å². The second-order valence-corrected chi connectivity index (χ2v) is 5.35. The molecule has 1 saturated carbocycles. The summed E-state index contributed by atoms with van der Waals surface area (Å²) in [6, 6.07) is 3.04. The van der Waals surface area contributed by atoms with Gasteiger partial charge >= 0.3 is 0 Å². The highest BCUT2D eigenvalue weighted by molar-refractivity contribution is 5.26. The number of nitrogens with one attached hydrogen (secondary N) is 1. The standard InChI is InChI=1S/C14H24N2/c1-10-6-5-7-14(10)15-9-13-8-11(2)16(4)12(13)3/h8,10,14-15H,5-7,9H2,1-4H3. The molecule has 0 radical (unpaired) electrons. The fourth-order valence-corrected chi connectivity index (χ4v) is 2.80. The molecule has 2 heteroatoms. The van der Waals surface area contributed by atoms with Crippen molar-refractivity contribution >= 4 is 0 Å². The molecule has 0 spiro atoms.